The van der Waals surface area contributed by atoms with E-state index in [2.05, 4.69) is 15.9 Å². The Kier molecular flexibility index (Phi) is 4.77. The van der Waals surface area contributed by atoms with Crippen LogP contribution in [-0.4, -0.2) is 47.7 Å². The van der Waals surface area contributed by atoms with E-state index in [-0.39, 0.29) is 19.1 Å². The highest BCUT2D eigenvalue weighted by Gasteiger charge is 2.39. The van der Waals surface area contributed by atoms with E-state index in [1.165, 1.54) is 0 Å². The molecule has 1 aliphatic heterocycles. The van der Waals surface area contributed by atoms with E-state index in [9.17, 15) is 14.7 Å². The second-order valence-electron chi connectivity index (χ2n) is 4.65. The average molecular weight is 342 g/mol. The van der Waals surface area contributed by atoms with Crippen molar-refractivity contribution < 1.29 is 19.4 Å². The molecular weight excluding hydrogens is 326 g/mol. The van der Waals surface area contributed by atoms with Crippen LogP contribution < -0.4 is 0 Å². The van der Waals surface area contributed by atoms with Gasteiger partial charge in [0.2, 0.25) is 0 Å². The summed E-state index contributed by atoms with van der Waals surface area (Å²) in [7, 11) is 0. The fourth-order valence-corrected chi connectivity index (χ4v) is 2.64. The lowest BCUT2D eigenvalue weighted by Gasteiger charge is -2.29. The molecule has 0 aromatic heterocycles. The van der Waals surface area contributed by atoms with Crippen molar-refractivity contribution in [3.8, 4) is 0 Å². The van der Waals surface area contributed by atoms with Crippen LogP contribution in [-0.2, 0) is 9.53 Å². The molecule has 5 nitrogen and oxygen atoms in total. The first kappa shape index (κ1) is 15.0. The molecule has 1 aromatic rings. The fourth-order valence-electron chi connectivity index (χ4n) is 2.37. The summed E-state index contributed by atoms with van der Waals surface area (Å²) < 4.78 is 6.13. The first-order chi connectivity index (χ1) is 9.54. The van der Waals surface area contributed by atoms with Crippen molar-refractivity contribution in [3.63, 3.8) is 0 Å². The number of carbonyl (C=O) groups excluding carboxylic acids is 1. The molecule has 108 valence electrons. The number of amides is 1. The number of carboxylic acids is 1. The molecule has 20 heavy (non-hydrogen) atoms. The van der Waals surface area contributed by atoms with Crippen LogP contribution in [0.25, 0.3) is 0 Å². The Morgan fingerprint density at radius 2 is 2.00 bits per heavy atom. The van der Waals surface area contributed by atoms with E-state index in [4.69, 9.17) is 4.74 Å². The van der Waals surface area contributed by atoms with Crippen LogP contribution in [0.4, 0.5) is 0 Å². The van der Waals surface area contributed by atoms with Gasteiger partial charge in [0.05, 0.1) is 19.3 Å². The van der Waals surface area contributed by atoms with E-state index >= 15 is 0 Å². The maximum absolute atomic E-state index is 12.5. The van der Waals surface area contributed by atoms with Crippen LogP contribution in [0, 0.1) is 5.92 Å². The summed E-state index contributed by atoms with van der Waals surface area (Å²) in [5, 5.41) is 9.19. The van der Waals surface area contributed by atoms with Gasteiger partial charge >= 0.3 is 5.97 Å². The van der Waals surface area contributed by atoms with Crippen LogP contribution in [0.5, 0.6) is 0 Å². The van der Waals surface area contributed by atoms with Crippen molar-refractivity contribution in [1.29, 1.82) is 0 Å². The number of carboxylic acid groups (broad SMARTS) is 1. The number of hydrogen-bond acceptors (Lipinski definition) is 3. The van der Waals surface area contributed by atoms with Crippen LogP contribution >= 0.6 is 15.9 Å². The molecule has 0 radical (unpaired) electrons. The van der Waals surface area contributed by atoms with E-state index in [1.54, 1.807) is 29.2 Å². The first-order valence-corrected chi connectivity index (χ1v) is 7.21. The minimum atomic E-state index is -0.922. The highest BCUT2D eigenvalue weighted by molar-refractivity contribution is 9.10. The number of halogens is 1. The molecule has 1 aromatic carbocycles. The summed E-state index contributed by atoms with van der Waals surface area (Å²) in [6.45, 7) is 2.72. The minimum absolute atomic E-state index is 0.157. The molecule has 0 saturated carbocycles. The third-order valence-electron chi connectivity index (χ3n) is 3.46. The highest BCUT2D eigenvalue weighted by atomic mass is 79.9. The van der Waals surface area contributed by atoms with Crippen molar-refractivity contribution in [2.24, 2.45) is 5.92 Å². The Hall–Kier alpha value is -1.40. The van der Waals surface area contributed by atoms with Gasteiger partial charge in [-0.25, -0.2) is 0 Å². The van der Waals surface area contributed by atoms with Crippen molar-refractivity contribution in [1.82, 2.24) is 4.90 Å². The van der Waals surface area contributed by atoms with Gasteiger partial charge in [-0.05, 0) is 31.2 Å². The zero-order valence-electron chi connectivity index (χ0n) is 11.1. The van der Waals surface area contributed by atoms with Crippen molar-refractivity contribution >= 4 is 27.8 Å². The lowest BCUT2D eigenvalue weighted by molar-refractivity contribution is -0.142. The van der Waals surface area contributed by atoms with Gasteiger partial charge in [0, 0.05) is 16.6 Å². The zero-order chi connectivity index (χ0) is 14.7. The Labute approximate surface area is 125 Å². The minimum Gasteiger partial charge on any atom is -0.481 e. The van der Waals surface area contributed by atoms with Gasteiger partial charge in [-0.2, -0.15) is 0 Å². The van der Waals surface area contributed by atoms with Crippen LogP contribution in [0.15, 0.2) is 28.7 Å². The quantitative estimate of drug-likeness (QED) is 0.909. The molecule has 1 heterocycles. The monoisotopic (exact) mass is 341 g/mol. The summed E-state index contributed by atoms with van der Waals surface area (Å²) in [5.74, 6) is -1.74. The maximum Gasteiger partial charge on any atom is 0.311 e. The third-order valence-corrected chi connectivity index (χ3v) is 3.99. The molecule has 1 saturated heterocycles. The lowest BCUT2D eigenvalue weighted by atomic mass is 10.0. The number of aliphatic carboxylic acids is 1. The number of carbonyl (C=O) groups is 2. The second-order valence-corrected chi connectivity index (χ2v) is 5.56. The van der Waals surface area contributed by atoms with Gasteiger partial charge in [-0.3, -0.25) is 9.59 Å². The van der Waals surface area contributed by atoms with Crippen molar-refractivity contribution in [3.05, 3.63) is 34.3 Å². The molecule has 1 aliphatic rings. The molecule has 6 heteroatoms. The van der Waals surface area contributed by atoms with E-state index in [0.29, 0.717) is 12.1 Å². The Morgan fingerprint density at radius 1 is 1.35 bits per heavy atom. The molecule has 0 aliphatic carbocycles. The average Bonchev–Trinajstić information content (AvgIpc) is 2.89. The van der Waals surface area contributed by atoms with E-state index in [1.807, 2.05) is 6.92 Å². The van der Waals surface area contributed by atoms with Gasteiger partial charge in [0.1, 0.15) is 5.92 Å². The predicted octanol–water partition coefficient (Wildman–Crippen LogP) is 2.01. The lowest BCUT2D eigenvalue weighted by Crippen LogP contribution is -2.46. The Balaban J connectivity index is 2.21. The van der Waals surface area contributed by atoms with Crippen molar-refractivity contribution in [2.75, 3.05) is 19.8 Å². The highest BCUT2D eigenvalue weighted by Crippen LogP contribution is 2.22. The molecule has 2 rings (SSSR count). The number of likely N-dealkylation sites (N-methyl/N-ethyl adjacent to an activating group) is 1. The summed E-state index contributed by atoms with van der Waals surface area (Å²) in [6, 6.07) is 6.62. The van der Waals surface area contributed by atoms with Gasteiger partial charge in [0.15, 0.2) is 0 Å². The Morgan fingerprint density at radius 3 is 2.55 bits per heavy atom. The summed E-state index contributed by atoms with van der Waals surface area (Å²) in [5.41, 5.74) is 0.547. The van der Waals surface area contributed by atoms with Gasteiger partial charge in [0.25, 0.3) is 5.91 Å². The summed E-state index contributed by atoms with van der Waals surface area (Å²) >= 11 is 3.32. The van der Waals surface area contributed by atoms with Gasteiger partial charge in [-0.1, -0.05) is 15.9 Å². The van der Waals surface area contributed by atoms with Gasteiger partial charge < -0.3 is 14.7 Å². The standard InChI is InChI=1S/C14H16BrNO4/c1-2-16(12-8-20-7-11(12)14(18)19)13(17)9-3-5-10(15)6-4-9/h3-6,11-12H,2,7-8H2,1H3,(H,18,19). The van der Waals surface area contributed by atoms with E-state index < -0.39 is 17.9 Å². The SMILES string of the molecule is CCN(C(=O)c1ccc(Br)cc1)C1COCC1C(=O)O. The smallest absolute Gasteiger partial charge is 0.311 e. The van der Waals surface area contributed by atoms with Crippen LogP contribution in [0.1, 0.15) is 17.3 Å². The zero-order valence-corrected chi connectivity index (χ0v) is 12.7. The molecule has 2 unspecified atom stereocenters. The van der Waals surface area contributed by atoms with Gasteiger partial charge in [-0.15, -0.1) is 0 Å². The molecule has 1 amide bonds. The number of hydrogen-bond donors (Lipinski definition) is 1. The maximum atomic E-state index is 12.5. The number of benzene rings is 1. The predicted molar refractivity (Wildman–Crippen MR) is 76.6 cm³/mol. The molecule has 1 fully saturated rings. The topological polar surface area (TPSA) is 66.8 Å². The van der Waals surface area contributed by atoms with Crippen LogP contribution in [0.3, 0.4) is 0 Å². The molecule has 2 atom stereocenters. The van der Waals surface area contributed by atoms with Crippen molar-refractivity contribution in [2.45, 2.75) is 13.0 Å². The third kappa shape index (κ3) is 3.02. The second kappa shape index (κ2) is 6.37. The van der Waals surface area contributed by atoms with Crippen LogP contribution in [0.2, 0.25) is 0 Å². The molecule has 0 spiro atoms. The summed E-state index contributed by atoms with van der Waals surface area (Å²) in [4.78, 5) is 25.3. The Bertz CT molecular complexity index is 502. The number of nitrogens with zero attached hydrogens (tertiary/aromatic N) is 1. The normalized spacial score (nSPS) is 21.7. The summed E-state index contributed by atoms with van der Waals surface area (Å²) in [6.07, 6.45) is 0. The largest absolute Gasteiger partial charge is 0.481 e. The molecular formula is C14H16BrNO4. The number of ether oxygens (including phenoxy) is 1. The molecule has 1 N–H and O–H groups in total. The first-order valence-electron chi connectivity index (χ1n) is 6.41. The number of rotatable bonds is 4. The molecule has 0 bridgehead atoms. The van der Waals surface area contributed by atoms with E-state index in [0.717, 1.165) is 4.47 Å². The fraction of sp³-hybridized carbons (Fsp3) is 0.429.